The van der Waals surface area contributed by atoms with Crippen molar-refractivity contribution in [1.29, 1.82) is 0 Å². The number of nitrogens with one attached hydrogen (secondary N) is 1. The van der Waals surface area contributed by atoms with Gasteiger partial charge in [0.2, 0.25) is 11.6 Å². The first-order valence-electron chi connectivity index (χ1n) is 7.61. The summed E-state index contributed by atoms with van der Waals surface area (Å²) in [6.07, 6.45) is 3.88. The van der Waals surface area contributed by atoms with Gasteiger partial charge in [0.25, 0.3) is 0 Å². The molecule has 0 saturated carbocycles. The van der Waals surface area contributed by atoms with Crippen molar-refractivity contribution in [1.82, 2.24) is 19.6 Å². The Balaban J connectivity index is 1.58. The summed E-state index contributed by atoms with van der Waals surface area (Å²) in [7, 11) is 0. The fourth-order valence-electron chi connectivity index (χ4n) is 2.94. The van der Waals surface area contributed by atoms with Gasteiger partial charge >= 0.3 is 0 Å². The molecule has 0 radical (unpaired) electrons. The second-order valence-electron chi connectivity index (χ2n) is 5.72. The fraction of sp³-hybridized carbons (Fsp3) is 0.250. The third-order valence-corrected chi connectivity index (χ3v) is 4.43. The van der Waals surface area contributed by atoms with E-state index in [0.29, 0.717) is 29.5 Å². The van der Waals surface area contributed by atoms with Gasteiger partial charge in [-0.05, 0) is 19.1 Å². The summed E-state index contributed by atoms with van der Waals surface area (Å²) in [5, 5.41) is 12.1. The Labute approximate surface area is 143 Å². The topological polar surface area (TPSA) is 75.4 Å². The summed E-state index contributed by atoms with van der Waals surface area (Å²) in [6, 6.07) is 7.29. The molecule has 2 aromatic heterocycles. The minimum atomic E-state index is -0.0653. The van der Waals surface area contributed by atoms with E-state index in [2.05, 4.69) is 20.5 Å². The summed E-state index contributed by atoms with van der Waals surface area (Å²) in [5.41, 5.74) is 1.39. The summed E-state index contributed by atoms with van der Waals surface area (Å²) < 4.78 is 1.86. The zero-order valence-corrected chi connectivity index (χ0v) is 13.7. The van der Waals surface area contributed by atoms with Crippen molar-refractivity contribution in [2.75, 3.05) is 16.8 Å². The molecule has 122 valence electrons. The van der Waals surface area contributed by atoms with Crippen LogP contribution in [0.2, 0.25) is 5.02 Å². The zero-order chi connectivity index (χ0) is 16.7. The van der Waals surface area contributed by atoms with Gasteiger partial charge in [-0.25, -0.2) is 4.98 Å². The first-order chi connectivity index (χ1) is 11.6. The van der Waals surface area contributed by atoms with Crippen LogP contribution >= 0.6 is 11.6 Å². The van der Waals surface area contributed by atoms with Crippen molar-refractivity contribution in [2.24, 2.45) is 0 Å². The number of amides is 1. The van der Waals surface area contributed by atoms with Gasteiger partial charge in [-0.15, -0.1) is 10.2 Å². The molecule has 7 nitrogen and oxygen atoms in total. The molecule has 0 spiro atoms. The van der Waals surface area contributed by atoms with Crippen molar-refractivity contribution < 1.29 is 4.79 Å². The molecule has 24 heavy (non-hydrogen) atoms. The number of carbonyl (C=O) groups excluding carboxylic acids is 1. The lowest BCUT2D eigenvalue weighted by Gasteiger charge is -2.18. The van der Waals surface area contributed by atoms with Crippen LogP contribution in [-0.2, 0) is 4.79 Å². The second-order valence-corrected chi connectivity index (χ2v) is 6.13. The zero-order valence-electron chi connectivity index (χ0n) is 13.0. The van der Waals surface area contributed by atoms with Gasteiger partial charge in [0, 0.05) is 25.4 Å². The van der Waals surface area contributed by atoms with Gasteiger partial charge in [-0.2, -0.15) is 0 Å². The third-order valence-electron chi connectivity index (χ3n) is 4.11. The van der Waals surface area contributed by atoms with E-state index in [9.17, 15) is 4.79 Å². The van der Waals surface area contributed by atoms with E-state index in [0.717, 1.165) is 11.5 Å². The van der Waals surface area contributed by atoms with Crippen LogP contribution in [0.5, 0.6) is 0 Å². The molecule has 1 aromatic carbocycles. The molecule has 4 rings (SSSR count). The summed E-state index contributed by atoms with van der Waals surface area (Å²) in [5.74, 6) is 1.44. The van der Waals surface area contributed by atoms with Crippen molar-refractivity contribution >= 4 is 34.7 Å². The summed E-state index contributed by atoms with van der Waals surface area (Å²) in [4.78, 5) is 18.4. The van der Waals surface area contributed by atoms with Crippen LogP contribution in [-0.4, -0.2) is 38.1 Å². The number of anilines is 2. The van der Waals surface area contributed by atoms with Crippen LogP contribution in [0.1, 0.15) is 12.2 Å². The normalized spacial score (nSPS) is 17.7. The average Bonchev–Trinajstić information content (AvgIpc) is 3.12. The van der Waals surface area contributed by atoms with E-state index in [1.54, 1.807) is 17.2 Å². The van der Waals surface area contributed by atoms with E-state index in [1.807, 2.05) is 35.7 Å². The molecule has 1 unspecified atom stereocenters. The van der Waals surface area contributed by atoms with Gasteiger partial charge < -0.3 is 10.2 Å². The Kier molecular flexibility index (Phi) is 3.57. The molecule has 1 aliphatic heterocycles. The largest absolute Gasteiger partial charge is 0.362 e. The quantitative estimate of drug-likeness (QED) is 0.790. The number of rotatable bonds is 3. The number of hydrogen-bond acceptors (Lipinski definition) is 5. The van der Waals surface area contributed by atoms with Crippen molar-refractivity contribution in [3.63, 3.8) is 0 Å². The van der Waals surface area contributed by atoms with Crippen LogP contribution in [0.25, 0.3) is 5.65 Å². The summed E-state index contributed by atoms with van der Waals surface area (Å²) in [6.45, 7) is 2.40. The standard InChI is InChI=1S/C16H15ClN6O/c1-10-20-21-16-15(18-6-7-22(10)16)19-11-8-14(24)23(9-11)13-5-3-2-4-12(13)17/h2-7,11H,8-9H2,1H3,(H,18,19). The number of aromatic nitrogens is 4. The van der Waals surface area contributed by atoms with Crippen LogP contribution in [0.15, 0.2) is 36.7 Å². The highest BCUT2D eigenvalue weighted by atomic mass is 35.5. The first-order valence-corrected chi connectivity index (χ1v) is 7.99. The highest BCUT2D eigenvalue weighted by molar-refractivity contribution is 6.33. The number of benzene rings is 1. The van der Waals surface area contributed by atoms with E-state index in [-0.39, 0.29) is 11.9 Å². The second kappa shape index (κ2) is 5.76. The molecule has 1 N–H and O–H groups in total. The van der Waals surface area contributed by atoms with E-state index in [4.69, 9.17) is 11.6 Å². The SMILES string of the molecule is Cc1nnc2c(NC3CC(=O)N(c4ccccc4Cl)C3)nccn12. The Morgan fingerprint density at radius 1 is 1.29 bits per heavy atom. The Hall–Kier alpha value is -2.67. The average molecular weight is 343 g/mol. The predicted octanol–water partition coefficient (Wildman–Crippen LogP) is 2.30. The number of halogens is 1. The third kappa shape index (κ3) is 2.46. The number of aryl methyl sites for hydroxylation is 1. The molecule has 8 heteroatoms. The molecular weight excluding hydrogens is 328 g/mol. The van der Waals surface area contributed by atoms with Crippen molar-refractivity contribution in [3.05, 3.63) is 47.5 Å². The van der Waals surface area contributed by atoms with E-state index >= 15 is 0 Å². The van der Waals surface area contributed by atoms with E-state index in [1.165, 1.54) is 0 Å². The number of para-hydroxylation sites is 1. The van der Waals surface area contributed by atoms with Crippen LogP contribution < -0.4 is 10.2 Å². The lowest BCUT2D eigenvalue weighted by atomic mass is 10.2. The Bertz CT molecular complexity index is 924. The molecule has 3 aromatic rings. The molecule has 1 saturated heterocycles. The summed E-state index contributed by atoms with van der Waals surface area (Å²) >= 11 is 6.21. The first kappa shape index (κ1) is 14.9. The Morgan fingerprint density at radius 2 is 2.12 bits per heavy atom. The van der Waals surface area contributed by atoms with Gasteiger partial charge in [-0.1, -0.05) is 23.7 Å². The van der Waals surface area contributed by atoms with Crippen molar-refractivity contribution in [3.8, 4) is 0 Å². The van der Waals surface area contributed by atoms with Crippen LogP contribution in [0.4, 0.5) is 11.5 Å². The smallest absolute Gasteiger partial charge is 0.229 e. The number of carbonyl (C=O) groups is 1. The molecule has 1 aliphatic rings. The number of hydrogen-bond donors (Lipinski definition) is 1. The molecule has 1 atom stereocenters. The molecule has 0 bridgehead atoms. The van der Waals surface area contributed by atoms with Gasteiger partial charge in [0.1, 0.15) is 5.82 Å². The van der Waals surface area contributed by atoms with Gasteiger partial charge in [-0.3, -0.25) is 9.20 Å². The lowest BCUT2D eigenvalue weighted by molar-refractivity contribution is -0.117. The van der Waals surface area contributed by atoms with Crippen LogP contribution in [0, 0.1) is 6.92 Å². The van der Waals surface area contributed by atoms with Crippen LogP contribution in [0.3, 0.4) is 0 Å². The van der Waals surface area contributed by atoms with E-state index < -0.39 is 0 Å². The Morgan fingerprint density at radius 3 is 2.96 bits per heavy atom. The molecule has 1 fully saturated rings. The number of fused-ring (bicyclic) bond motifs is 1. The predicted molar refractivity (Wildman–Crippen MR) is 91.4 cm³/mol. The number of nitrogens with zero attached hydrogens (tertiary/aromatic N) is 5. The molecule has 1 amide bonds. The van der Waals surface area contributed by atoms with Gasteiger partial charge in [0.05, 0.1) is 16.8 Å². The van der Waals surface area contributed by atoms with Crippen molar-refractivity contribution in [2.45, 2.75) is 19.4 Å². The fourth-order valence-corrected chi connectivity index (χ4v) is 3.18. The maximum absolute atomic E-state index is 12.4. The molecule has 0 aliphatic carbocycles. The molecular formula is C16H15ClN6O. The molecule has 3 heterocycles. The highest BCUT2D eigenvalue weighted by Crippen LogP contribution is 2.30. The highest BCUT2D eigenvalue weighted by Gasteiger charge is 2.32. The maximum Gasteiger partial charge on any atom is 0.229 e. The minimum Gasteiger partial charge on any atom is -0.362 e. The lowest BCUT2D eigenvalue weighted by Crippen LogP contribution is -2.28. The minimum absolute atomic E-state index is 0.0326. The van der Waals surface area contributed by atoms with Gasteiger partial charge in [0.15, 0.2) is 5.82 Å². The maximum atomic E-state index is 12.4. The monoisotopic (exact) mass is 342 g/mol.